The molecule has 2 heterocycles. The normalized spacial score (nSPS) is 15.7. The number of allylic oxidation sites excluding steroid dienone is 4. The maximum absolute atomic E-state index is 4.96. The third kappa shape index (κ3) is 2.40. The zero-order valence-electron chi connectivity index (χ0n) is 12.4. The Bertz CT molecular complexity index is 847. The molecule has 1 aliphatic carbocycles. The van der Waals surface area contributed by atoms with Gasteiger partial charge in [-0.05, 0) is 36.6 Å². The van der Waals surface area contributed by atoms with Gasteiger partial charge >= 0.3 is 0 Å². The van der Waals surface area contributed by atoms with E-state index >= 15 is 0 Å². The number of thiophene rings is 1. The minimum Gasteiger partial charge on any atom is -0.252 e. The van der Waals surface area contributed by atoms with Crippen molar-refractivity contribution in [2.75, 3.05) is 0 Å². The van der Waals surface area contributed by atoms with Gasteiger partial charge in [0.2, 0.25) is 0 Å². The molecular formula is C20H17NS. The van der Waals surface area contributed by atoms with E-state index in [1.165, 1.54) is 15.8 Å². The number of rotatable bonds is 3. The second-order valence-corrected chi connectivity index (χ2v) is 6.75. The largest absolute Gasteiger partial charge is 0.252 e. The van der Waals surface area contributed by atoms with Crippen molar-refractivity contribution in [3.63, 3.8) is 0 Å². The summed E-state index contributed by atoms with van der Waals surface area (Å²) >= 11 is 1.81. The van der Waals surface area contributed by atoms with E-state index < -0.39 is 0 Å². The second kappa shape index (κ2) is 5.54. The molecule has 0 fully saturated rings. The summed E-state index contributed by atoms with van der Waals surface area (Å²) in [6.07, 6.45) is 8.81. The van der Waals surface area contributed by atoms with E-state index in [9.17, 15) is 0 Å². The minimum atomic E-state index is 0.306. The van der Waals surface area contributed by atoms with Crippen LogP contribution in [0.1, 0.15) is 22.1 Å². The summed E-state index contributed by atoms with van der Waals surface area (Å²) in [5, 5.41) is 3.36. The molecule has 0 saturated carbocycles. The van der Waals surface area contributed by atoms with E-state index in [-0.39, 0.29) is 0 Å². The molecule has 0 spiro atoms. The lowest BCUT2D eigenvalue weighted by Crippen LogP contribution is -2.10. The molecule has 108 valence electrons. The Labute approximate surface area is 134 Å². The standard InChI is InChI=1S/C20H17NS/c1-14-8-10-17-16(13-14)9-11-18(21-17)20(15-5-2-3-6-15)19-7-4-12-22-19/h2-13,15,20H,1H3. The second-order valence-electron chi connectivity index (χ2n) is 5.77. The predicted octanol–water partition coefficient (Wildman–Crippen LogP) is 5.48. The molecule has 1 atom stereocenters. The maximum atomic E-state index is 4.96. The van der Waals surface area contributed by atoms with Gasteiger partial charge in [0, 0.05) is 22.1 Å². The van der Waals surface area contributed by atoms with Crippen LogP contribution in [0.3, 0.4) is 0 Å². The molecule has 2 aromatic heterocycles. The molecule has 1 aromatic carbocycles. The highest BCUT2D eigenvalue weighted by molar-refractivity contribution is 7.10. The van der Waals surface area contributed by atoms with Crippen LogP contribution in [0.15, 0.2) is 72.1 Å². The molecule has 4 rings (SSSR count). The Morgan fingerprint density at radius 2 is 1.91 bits per heavy atom. The van der Waals surface area contributed by atoms with Crippen LogP contribution in [0.5, 0.6) is 0 Å². The number of benzene rings is 1. The zero-order valence-corrected chi connectivity index (χ0v) is 13.3. The quantitative estimate of drug-likeness (QED) is 0.624. The van der Waals surface area contributed by atoms with Gasteiger partial charge in [0.1, 0.15) is 0 Å². The van der Waals surface area contributed by atoms with Gasteiger partial charge in [-0.25, -0.2) is 0 Å². The summed E-state index contributed by atoms with van der Waals surface area (Å²) in [5.41, 5.74) is 3.51. The van der Waals surface area contributed by atoms with Gasteiger partial charge in [0.05, 0.1) is 11.2 Å². The average Bonchev–Trinajstić information content (AvgIpc) is 3.22. The molecule has 0 saturated heterocycles. The number of fused-ring (bicyclic) bond motifs is 1. The van der Waals surface area contributed by atoms with Crippen molar-refractivity contribution >= 4 is 22.2 Å². The minimum absolute atomic E-state index is 0.306. The third-order valence-electron chi connectivity index (χ3n) is 4.20. The van der Waals surface area contributed by atoms with Crippen molar-refractivity contribution in [3.05, 3.63) is 88.3 Å². The van der Waals surface area contributed by atoms with Crippen LogP contribution in [0.25, 0.3) is 10.9 Å². The molecule has 0 radical (unpaired) electrons. The number of aryl methyl sites for hydroxylation is 1. The first-order chi connectivity index (χ1) is 10.8. The fraction of sp³-hybridized carbons (Fsp3) is 0.150. The summed E-state index contributed by atoms with van der Waals surface area (Å²) in [6, 6.07) is 15.2. The summed E-state index contributed by atoms with van der Waals surface area (Å²) in [6.45, 7) is 2.12. The molecule has 0 amide bonds. The number of hydrogen-bond donors (Lipinski definition) is 0. The molecule has 22 heavy (non-hydrogen) atoms. The number of hydrogen-bond acceptors (Lipinski definition) is 2. The van der Waals surface area contributed by atoms with Gasteiger partial charge in [-0.2, -0.15) is 0 Å². The van der Waals surface area contributed by atoms with E-state index in [0.29, 0.717) is 11.8 Å². The Hall–Kier alpha value is -2.19. The van der Waals surface area contributed by atoms with Gasteiger partial charge < -0.3 is 0 Å². The molecule has 0 bridgehead atoms. The van der Waals surface area contributed by atoms with Crippen LogP contribution < -0.4 is 0 Å². The van der Waals surface area contributed by atoms with Crippen LogP contribution in [0.4, 0.5) is 0 Å². The van der Waals surface area contributed by atoms with Crippen LogP contribution in [0.2, 0.25) is 0 Å². The van der Waals surface area contributed by atoms with E-state index in [4.69, 9.17) is 4.98 Å². The van der Waals surface area contributed by atoms with E-state index in [1.54, 1.807) is 0 Å². The van der Waals surface area contributed by atoms with E-state index in [2.05, 4.69) is 79.1 Å². The van der Waals surface area contributed by atoms with Gasteiger partial charge in [0.15, 0.2) is 0 Å². The number of nitrogens with zero attached hydrogens (tertiary/aromatic N) is 1. The molecule has 1 unspecified atom stereocenters. The Morgan fingerprint density at radius 3 is 2.68 bits per heavy atom. The maximum Gasteiger partial charge on any atom is 0.0705 e. The first kappa shape index (κ1) is 13.5. The van der Waals surface area contributed by atoms with Gasteiger partial charge in [-0.1, -0.05) is 48.1 Å². The van der Waals surface area contributed by atoms with Crippen molar-refractivity contribution in [2.45, 2.75) is 12.8 Å². The van der Waals surface area contributed by atoms with Crippen LogP contribution in [0, 0.1) is 12.8 Å². The summed E-state index contributed by atoms with van der Waals surface area (Å²) < 4.78 is 0. The highest BCUT2D eigenvalue weighted by atomic mass is 32.1. The third-order valence-corrected chi connectivity index (χ3v) is 5.15. The van der Waals surface area contributed by atoms with Gasteiger partial charge in [-0.3, -0.25) is 4.98 Å². The lowest BCUT2D eigenvalue weighted by molar-refractivity contribution is 0.686. The number of aromatic nitrogens is 1. The molecular weight excluding hydrogens is 286 g/mol. The van der Waals surface area contributed by atoms with E-state index in [1.807, 2.05) is 11.3 Å². The predicted molar refractivity (Wildman–Crippen MR) is 94.4 cm³/mol. The summed E-state index contributed by atoms with van der Waals surface area (Å²) in [5.74, 6) is 0.703. The molecule has 1 nitrogen and oxygen atoms in total. The molecule has 3 aromatic rings. The smallest absolute Gasteiger partial charge is 0.0705 e. The van der Waals surface area contributed by atoms with Crippen molar-refractivity contribution in [2.24, 2.45) is 5.92 Å². The molecule has 0 aliphatic heterocycles. The van der Waals surface area contributed by atoms with Gasteiger partial charge in [-0.15, -0.1) is 11.3 Å². The topological polar surface area (TPSA) is 12.9 Å². The first-order valence-corrected chi connectivity index (χ1v) is 8.45. The van der Waals surface area contributed by atoms with Crippen molar-refractivity contribution < 1.29 is 0 Å². The molecule has 1 aliphatic rings. The van der Waals surface area contributed by atoms with Crippen LogP contribution >= 0.6 is 11.3 Å². The number of pyridine rings is 1. The average molecular weight is 303 g/mol. The summed E-state index contributed by atoms with van der Waals surface area (Å²) in [7, 11) is 0. The first-order valence-electron chi connectivity index (χ1n) is 7.57. The Morgan fingerprint density at radius 1 is 1.05 bits per heavy atom. The van der Waals surface area contributed by atoms with Crippen molar-refractivity contribution in [1.82, 2.24) is 4.98 Å². The summed E-state index contributed by atoms with van der Waals surface area (Å²) in [4.78, 5) is 6.33. The lowest BCUT2D eigenvalue weighted by Gasteiger charge is -2.20. The lowest BCUT2D eigenvalue weighted by atomic mass is 9.88. The van der Waals surface area contributed by atoms with Gasteiger partial charge in [0.25, 0.3) is 0 Å². The Kier molecular flexibility index (Phi) is 3.39. The molecule has 2 heteroatoms. The zero-order chi connectivity index (χ0) is 14.9. The van der Waals surface area contributed by atoms with Crippen molar-refractivity contribution in [1.29, 1.82) is 0 Å². The van der Waals surface area contributed by atoms with Crippen LogP contribution in [-0.4, -0.2) is 4.98 Å². The van der Waals surface area contributed by atoms with E-state index in [0.717, 1.165) is 11.2 Å². The highest BCUT2D eigenvalue weighted by Crippen LogP contribution is 2.37. The van der Waals surface area contributed by atoms with Crippen molar-refractivity contribution in [3.8, 4) is 0 Å². The fourth-order valence-electron chi connectivity index (χ4n) is 3.11. The fourth-order valence-corrected chi connectivity index (χ4v) is 4.00. The Balaban J connectivity index is 1.83. The SMILES string of the molecule is Cc1ccc2nc(C(c3cccs3)C3C=CC=C3)ccc2c1. The van der Waals surface area contributed by atoms with Crippen LogP contribution in [-0.2, 0) is 0 Å². The molecule has 0 N–H and O–H groups in total. The monoisotopic (exact) mass is 303 g/mol. The highest BCUT2D eigenvalue weighted by Gasteiger charge is 2.24.